The average Bonchev–Trinajstić information content (AvgIpc) is 3.40. The smallest absolute Gasteiger partial charge is 0.303 e. The van der Waals surface area contributed by atoms with Gasteiger partial charge in [0.25, 0.3) is 0 Å². The zero-order valence-corrected chi connectivity index (χ0v) is 20.1. The second-order valence-electron chi connectivity index (χ2n) is 8.70. The van der Waals surface area contributed by atoms with Crippen LogP contribution in [0.3, 0.4) is 0 Å². The van der Waals surface area contributed by atoms with Gasteiger partial charge in [0.05, 0.1) is 18.8 Å². The van der Waals surface area contributed by atoms with Crippen LogP contribution in [0.1, 0.15) is 45.4 Å². The highest BCUT2D eigenvalue weighted by atomic mass is 32.2. The van der Waals surface area contributed by atoms with Crippen LogP contribution in [0.4, 0.5) is 5.69 Å². The van der Waals surface area contributed by atoms with Crippen LogP contribution in [0.15, 0.2) is 41.3 Å². The largest absolute Gasteiger partial charge is 0.481 e. The number of allylic oxidation sites excluding steroid dienone is 2. The summed E-state index contributed by atoms with van der Waals surface area (Å²) in [5.41, 5.74) is 0.717. The van der Waals surface area contributed by atoms with Crippen LogP contribution in [-0.4, -0.2) is 59.2 Å². The fourth-order valence-corrected chi connectivity index (χ4v) is 5.43. The molecule has 0 aliphatic carbocycles. The molecule has 0 spiro atoms. The van der Waals surface area contributed by atoms with E-state index in [4.69, 9.17) is 9.84 Å². The van der Waals surface area contributed by atoms with Crippen molar-refractivity contribution in [3.05, 3.63) is 36.4 Å². The van der Waals surface area contributed by atoms with Gasteiger partial charge in [-0.1, -0.05) is 19.1 Å². The average molecular weight is 477 g/mol. The van der Waals surface area contributed by atoms with E-state index in [2.05, 4.69) is 29.7 Å². The zero-order chi connectivity index (χ0) is 23.6. The number of hydrogen-bond acceptors (Lipinski definition) is 6. The van der Waals surface area contributed by atoms with Gasteiger partial charge in [-0.2, -0.15) is 0 Å². The summed E-state index contributed by atoms with van der Waals surface area (Å²) in [6, 6.07) is 7.05. The minimum atomic E-state index is -0.758. The molecule has 8 heteroatoms. The van der Waals surface area contributed by atoms with Gasteiger partial charge in [0, 0.05) is 29.5 Å². The first-order valence-electron chi connectivity index (χ1n) is 11.9. The number of anilines is 1. The highest BCUT2D eigenvalue weighted by Crippen LogP contribution is 2.45. The molecule has 4 N–H and O–H groups in total. The van der Waals surface area contributed by atoms with Crippen LogP contribution >= 0.6 is 11.8 Å². The third-order valence-corrected chi connectivity index (χ3v) is 7.35. The number of rotatable bonds is 14. The highest BCUT2D eigenvalue weighted by molar-refractivity contribution is 7.99. The molecule has 2 saturated heterocycles. The van der Waals surface area contributed by atoms with E-state index in [9.17, 15) is 14.7 Å². The molecule has 2 fully saturated rings. The van der Waals surface area contributed by atoms with Crippen LogP contribution in [0.25, 0.3) is 0 Å². The molecule has 0 radical (unpaired) electrons. The maximum Gasteiger partial charge on any atom is 0.303 e. The van der Waals surface area contributed by atoms with Crippen LogP contribution in [0.5, 0.6) is 0 Å². The third-order valence-electron chi connectivity index (χ3n) is 6.46. The zero-order valence-electron chi connectivity index (χ0n) is 19.2. The quantitative estimate of drug-likeness (QED) is 0.184. The van der Waals surface area contributed by atoms with Crippen LogP contribution < -0.4 is 10.6 Å². The molecule has 2 heterocycles. The van der Waals surface area contributed by atoms with Gasteiger partial charge in [0.1, 0.15) is 6.04 Å². The van der Waals surface area contributed by atoms with E-state index in [0.29, 0.717) is 24.8 Å². The molecule has 5 atom stereocenters. The van der Waals surface area contributed by atoms with E-state index in [0.717, 1.165) is 42.0 Å². The van der Waals surface area contributed by atoms with Crippen molar-refractivity contribution in [2.45, 2.75) is 68.6 Å². The van der Waals surface area contributed by atoms with E-state index in [1.807, 2.05) is 24.3 Å². The van der Waals surface area contributed by atoms with Crippen molar-refractivity contribution in [2.75, 3.05) is 24.2 Å². The van der Waals surface area contributed by atoms with Gasteiger partial charge >= 0.3 is 5.97 Å². The fourth-order valence-electron chi connectivity index (χ4n) is 4.77. The number of carboxylic acids is 1. The summed E-state index contributed by atoms with van der Waals surface area (Å²) in [5, 5.41) is 24.7. The number of carboxylic acid groups (broad SMARTS) is 1. The molecular formula is C25H36N2O5S. The van der Waals surface area contributed by atoms with Crippen molar-refractivity contribution < 1.29 is 24.5 Å². The van der Waals surface area contributed by atoms with Crippen LogP contribution in [0.2, 0.25) is 0 Å². The molecule has 7 nitrogen and oxygen atoms in total. The van der Waals surface area contributed by atoms with E-state index in [1.165, 1.54) is 0 Å². The molecular weight excluding hydrogens is 440 g/mol. The van der Waals surface area contributed by atoms with Gasteiger partial charge in [0.2, 0.25) is 5.91 Å². The molecule has 33 heavy (non-hydrogen) atoms. The number of ether oxygens (including phenoxy) is 1. The Labute approximate surface area is 200 Å². The molecule has 0 aromatic heterocycles. The predicted octanol–water partition coefficient (Wildman–Crippen LogP) is 3.68. The van der Waals surface area contributed by atoms with E-state index < -0.39 is 12.0 Å². The first-order chi connectivity index (χ1) is 16.0. The van der Waals surface area contributed by atoms with Crippen molar-refractivity contribution in [1.29, 1.82) is 0 Å². The van der Waals surface area contributed by atoms with Crippen molar-refractivity contribution in [3.63, 3.8) is 0 Å². The number of nitrogens with one attached hydrogen (secondary N) is 2. The Hall–Kier alpha value is -1.87. The summed E-state index contributed by atoms with van der Waals surface area (Å²) in [7, 11) is 0. The lowest BCUT2D eigenvalue weighted by atomic mass is 9.77. The van der Waals surface area contributed by atoms with Gasteiger partial charge < -0.3 is 25.6 Å². The number of carbonyl (C=O) groups is 2. The number of amides is 1. The first kappa shape index (κ1) is 25.7. The summed E-state index contributed by atoms with van der Waals surface area (Å²) in [6.07, 6.45) is 9.24. The van der Waals surface area contributed by atoms with Crippen molar-refractivity contribution in [2.24, 2.45) is 11.8 Å². The molecule has 2 aliphatic heterocycles. The van der Waals surface area contributed by atoms with Gasteiger partial charge in [-0.05, 0) is 68.0 Å². The number of fused-ring (bicyclic) bond motifs is 2. The Bertz CT molecular complexity index is 800. The molecule has 1 aromatic rings. The SMILES string of the molecule is CCSc1ccc(NC(=O)C(CO)NC[C@H]2[C@@H](CC=CCCCC(=O)O)[C@H]3CC[C@@H]2O3)cc1. The van der Waals surface area contributed by atoms with Gasteiger partial charge in [-0.25, -0.2) is 0 Å². The van der Waals surface area contributed by atoms with Crippen molar-refractivity contribution in [1.82, 2.24) is 5.32 Å². The predicted molar refractivity (Wildman–Crippen MR) is 130 cm³/mol. The monoisotopic (exact) mass is 476 g/mol. The number of thioether (sulfide) groups is 1. The van der Waals surface area contributed by atoms with Gasteiger partial charge in [-0.3, -0.25) is 9.59 Å². The Balaban J connectivity index is 1.48. The molecule has 2 aliphatic rings. The number of aliphatic hydroxyl groups excluding tert-OH is 1. The second kappa shape index (κ2) is 13.1. The van der Waals surface area contributed by atoms with E-state index in [-0.39, 0.29) is 31.1 Å². The second-order valence-corrected chi connectivity index (χ2v) is 10.0. The molecule has 1 aromatic carbocycles. The third kappa shape index (κ3) is 7.57. The van der Waals surface area contributed by atoms with Gasteiger partial charge in [-0.15, -0.1) is 11.8 Å². The number of unbranched alkanes of at least 4 members (excludes halogenated alkanes) is 1. The Kier molecular flexibility index (Phi) is 10.2. The summed E-state index contributed by atoms with van der Waals surface area (Å²) in [5.74, 6) is 0.659. The Morgan fingerprint density at radius 1 is 1.18 bits per heavy atom. The van der Waals surface area contributed by atoms with Crippen LogP contribution in [-0.2, 0) is 14.3 Å². The normalized spacial score (nSPS) is 24.9. The molecule has 1 amide bonds. The minimum Gasteiger partial charge on any atom is -0.481 e. The minimum absolute atomic E-state index is 0.193. The molecule has 2 bridgehead atoms. The number of aliphatic hydroxyl groups is 1. The van der Waals surface area contributed by atoms with E-state index in [1.54, 1.807) is 11.8 Å². The number of hydrogen-bond donors (Lipinski definition) is 4. The topological polar surface area (TPSA) is 108 Å². The maximum atomic E-state index is 12.7. The lowest BCUT2D eigenvalue weighted by Crippen LogP contribution is -2.47. The molecule has 3 rings (SSSR count). The maximum absolute atomic E-state index is 12.7. The molecule has 0 saturated carbocycles. The van der Waals surface area contributed by atoms with Gasteiger partial charge in [0.15, 0.2) is 0 Å². The highest BCUT2D eigenvalue weighted by Gasteiger charge is 2.48. The summed E-state index contributed by atoms with van der Waals surface area (Å²) in [4.78, 5) is 24.5. The van der Waals surface area contributed by atoms with Crippen LogP contribution in [0, 0.1) is 11.8 Å². The number of carbonyl (C=O) groups excluding carboxylic acids is 1. The standard InChI is InChI=1S/C25H36N2O5S/c1-2-33-18-11-9-17(10-12-18)27-25(31)21(16-28)26-15-20-19(22-13-14-23(20)32-22)7-5-3-4-6-8-24(29)30/h3,5,9-12,19-23,26,28H,2,4,6-8,13-16H2,1H3,(H,27,31)(H,29,30)/t19-,20+,21?,22-,23+/m1/s1. The lowest BCUT2D eigenvalue weighted by molar-refractivity contribution is -0.137. The van der Waals surface area contributed by atoms with Crippen molar-refractivity contribution in [3.8, 4) is 0 Å². The Morgan fingerprint density at radius 2 is 1.91 bits per heavy atom. The summed E-state index contributed by atoms with van der Waals surface area (Å²) < 4.78 is 6.14. The van der Waals surface area contributed by atoms with E-state index >= 15 is 0 Å². The lowest BCUT2D eigenvalue weighted by Gasteiger charge is -2.29. The number of benzene rings is 1. The summed E-state index contributed by atoms with van der Waals surface area (Å²) >= 11 is 1.75. The number of aliphatic carboxylic acids is 1. The first-order valence-corrected chi connectivity index (χ1v) is 12.9. The summed E-state index contributed by atoms with van der Waals surface area (Å²) in [6.45, 7) is 2.44. The Morgan fingerprint density at radius 3 is 2.58 bits per heavy atom. The molecule has 182 valence electrons. The molecule has 1 unspecified atom stereocenters. The fraction of sp³-hybridized carbons (Fsp3) is 0.600. The van der Waals surface area contributed by atoms with Crippen molar-refractivity contribution >= 4 is 29.3 Å².